The highest BCUT2D eigenvalue weighted by Crippen LogP contribution is 2.36. The van der Waals surface area contributed by atoms with E-state index in [2.05, 4.69) is 15.5 Å². The van der Waals surface area contributed by atoms with Gasteiger partial charge in [-0.2, -0.15) is 0 Å². The Morgan fingerprint density at radius 1 is 1.00 bits per heavy atom. The Balaban J connectivity index is 2.45. The summed E-state index contributed by atoms with van der Waals surface area (Å²) < 4.78 is 28.9. The normalized spacial score (nSPS) is 11.0. The Kier molecular flexibility index (Phi) is 5.54. The summed E-state index contributed by atoms with van der Waals surface area (Å²) in [5.74, 6) is -0.302. The maximum atomic E-state index is 13.7. The molecule has 0 amide bonds. The Morgan fingerprint density at radius 2 is 1.57 bits per heavy atom. The fourth-order valence-electron chi connectivity index (χ4n) is 3.11. The maximum Gasteiger partial charge on any atom is 0.182 e. The quantitative estimate of drug-likeness (QED) is 0.384. The van der Waals surface area contributed by atoms with E-state index in [1.165, 1.54) is 35.0 Å². The number of nitrogens with zero attached hydrogens (tertiary/aromatic N) is 4. The molecule has 0 unspecified atom stereocenters. The zero-order chi connectivity index (χ0) is 20.3. The van der Waals surface area contributed by atoms with Gasteiger partial charge in [0.15, 0.2) is 5.82 Å². The van der Waals surface area contributed by atoms with E-state index in [9.17, 15) is 13.6 Å². The number of aryl methyl sites for hydroxylation is 3. The molecule has 1 aromatic heterocycles. The lowest BCUT2D eigenvalue weighted by Gasteiger charge is -2.17. The van der Waals surface area contributed by atoms with Crippen molar-refractivity contribution in [3.05, 3.63) is 88.3 Å². The number of aldehydes is 1. The molecule has 2 aromatic carbocycles. The minimum absolute atomic E-state index is 0.360. The van der Waals surface area contributed by atoms with Crippen molar-refractivity contribution in [1.82, 2.24) is 20.2 Å². The van der Waals surface area contributed by atoms with E-state index in [1.807, 2.05) is 0 Å². The van der Waals surface area contributed by atoms with Crippen molar-refractivity contribution in [2.75, 3.05) is 0 Å². The van der Waals surface area contributed by atoms with Crippen LogP contribution in [0, 0.1) is 25.5 Å². The van der Waals surface area contributed by atoms with E-state index in [0.717, 1.165) is 11.1 Å². The summed E-state index contributed by atoms with van der Waals surface area (Å²) in [7, 11) is 1.68. The van der Waals surface area contributed by atoms with Crippen molar-refractivity contribution in [3.8, 4) is 0 Å². The number of rotatable bonds is 5. The number of tetrazole rings is 1. The third-order valence-corrected chi connectivity index (χ3v) is 4.39. The van der Waals surface area contributed by atoms with Gasteiger partial charge in [-0.1, -0.05) is 12.1 Å². The van der Waals surface area contributed by atoms with Crippen molar-refractivity contribution < 1.29 is 13.6 Å². The second-order valence-electron chi connectivity index (χ2n) is 6.33. The lowest BCUT2D eigenvalue weighted by atomic mass is 9.87. The third-order valence-electron chi connectivity index (χ3n) is 4.39. The molecule has 0 aliphatic carbocycles. The number of carbonyl (C=O) groups excluding carboxylic acids is 1. The topological polar surface area (TPSA) is 60.7 Å². The average molecular weight is 380 g/mol. The molecule has 0 saturated heterocycles. The standard InChI is InChI=1S/C21H18F2N4O/c1-13-11-15(22)6-8-17(13)20(18-9-7-16(23)12-14(18)2)19(5-4-10-28)21-24-25-26-27(21)3/h4-12H,1-3H3. The molecule has 1 heterocycles. The van der Waals surface area contributed by atoms with E-state index in [-0.39, 0.29) is 11.6 Å². The summed E-state index contributed by atoms with van der Waals surface area (Å²) >= 11 is 0. The molecule has 142 valence electrons. The molecule has 0 bridgehead atoms. The van der Waals surface area contributed by atoms with Gasteiger partial charge < -0.3 is 0 Å². The summed E-state index contributed by atoms with van der Waals surface area (Å²) in [5.41, 5.74) is 4.06. The molecule has 0 saturated carbocycles. The lowest BCUT2D eigenvalue weighted by molar-refractivity contribution is -0.104. The summed E-state index contributed by atoms with van der Waals surface area (Å²) in [6, 6.07) is 8.87. The zero-order valence-electron chi connectivity index (χ0n) is 15.6. The van der Waals surface area contributed by atoms with Crippen LogP contribution in [-0.4, -0.2) is 26.5 Å². The van der Waals surface area contributed by atoms with E-state index in [1.54, 1.807) is 39.1 Å². The summed E-state index contributed by atoms with van der Waals surface area (Å²) in [6.07, 6.45) is 3.58. The monoisotopic (exact) mass is 380 g/mol. The first-order valence-corrected chi connectivity index (χ1v) is 8.54. The van der Waals surface area contributed by atoms with Crippen molar-refractivity contribution >= 4 is 17.4 Å². The van der Waals surface area contributed by atoms with Crippen LogP contribution in [0.4, 0.5) is 8.78 Å². The zero-order valence-corrected chi connectivity index (χ0v) is 15.6. The first kappa shape index (κ1) is 19.3. The van der Waals surface area contributed by atoms with Gasteiger partial charge in [-0.25, -0.2) is 13.5 Å². The maximum absolute atomic E-state index is 13.7. The van der Waals surface area contributed by atoms with Crippen LogP contribution in [-0.2, 0) is 11.8 Å². The molecule has 3 rings (SSSR count). The van der Waals surface area contributed by atoms with Gasteiger partial charge in [0, 0.05) is 18.2 Å². The second-order valence-corrected chi connectivity index (χ2v) is 6.33. The van der Waals surface area contributed by atoms with Gasteiger partial charge in [-0.05, 0) is 82.9 Å². The van der Waals surface area contributed by atoms with Gasteiger partial charge in [-0.3, -0.25) is 4.79 Å². The molecule has 0 spiro atoms. The highest BCUT2D eigenvalue weighted by Gasteiger charge is 2.20. The van der Waals surface area contributed by atoms with E-state index >= 15 is 0 Å². The Labute approximate surface area is 161 Å². The van der Waals surface area contributed by atoms with E-state index < -0.39 is 0 Å². The predicted molar refractivity (Wildman–Crippen MR) is 102 cm³/mol. The number of benzene rings is 2. The van der Waals surface area contributed by atoms with Crippen molar-refractivity contribution in [1.29, 1.82) is 0 Å². The molecule has 28 heavy (non-hydrogen) atoms. The van der Waals surface area contributed by atoms with Gasteiger partial charge in [-0.15, -0.1) is 5.10 Å². The number of hydrogen-bond donors (Lipinski definition) is 0. The van der Waals surface area contributed by atoms with Crippen molar-refractivity contribution in [2.45, 2.75) is 13.8 Å². The highest BCUT2D eigenvalue weighted by molar-refractivity contribution is 6.02. The first-order chi connectivity index (χ1) is 13.4. The number of allylic oxidation sites excluding steroid dienone is 3. The van der Waals surface area contributed by atoms with E-state index in [0.29, 0.717) is 34.4 Å². The van der Waals surface area contributed by atoms with Crippen LogP contribution in [0.3, 0.4) is 0 Å². The molecule has 5 nitrogen and oxygen atoms in total. The van der Waals surface area contributed by atoms with E-state index in [4.69, 9.17) is 0 Å². The van der Waals surface area contributed by atoms with Crippen LogP contribution in [0.1, 0.15) is 28.1 Å². The van der Waals surface area contributed by atoms with Gasteiger partial charge >= 0.3 is 0 Å². The summed E-state index contributed by atoms with van der Waals surface area (Å²) in [6.45, 7) is 3.57. The van der Waals surface area contributed by atoms with Gasteiger partial charge in [0.2, 0.25) is 0 Å². The Hall–Kier alpha value is -3.48. The predicted octanol–water partition coefficient (Wildman–Crippen LogP) is 3.82. The molecule has 0 aliphatic heterocycles. The largest absolute Gasteiger partial charge is 0.299 e. The van der Waals surface area contributed by atoms with Crippen LogP contribution in [0.15, 0.2) is 48.6 Å². The molecule has 0 atom stereocenters. The van der Waals surface area contributed by atoms with Crippen LogP contribution >= 0.6 is 0 Å². The Bertz CT molecular complexity index is 1050. The smallest absolute Gasteiger partial charge is 0.182 e. The van der Waals surface area contributed by atoms with Gasteiger partial charge in [0.1, 0.15) is 17.9 Å². The minimum atomic E-state index is -0.360. The number of halogens is 2. The van der Waals surface area contributed by atoms with Gasteiger partial charge in [0.05, 0.1) is 0 Å². The van der Waals surface area contributed by atoms with Crippen LogP contribution in [0.5, 0.6) is 0 Å². The van der Waals surface area contributed by atoms with Crippen LogP contribution in [0.25, 0.3) is 11.1 Å². The molecular weight excluding hydrogens is 362 g/mol. The minimum Gasteiger partial charge on any atom is -0.299 e. The molecule has 3 aromatic rings. The molecule has 0 fully saturated rings. The second kappa shape index (κ2) is 8.04. The lowest BCUT2D eigenvalue weighted by Crippen LogP contribution is -2.04. The molecule has 0 radical (unpaired) electrons. The van der Waals surface area contributed by atoms with Crippen LogP contribution in [0.2, 0.25) is 0 Å². The molecule has 0 aliphatic rings. The Morgan fingerprint density at radius 3 is 2.00 bits per heavy atom. The van der Waals surface area contributed by atoms with Crippen molar-refractivity contribution in [3.63, 3.8) is 0 Å². The fraction of sp³-hybridized carbons (Fsp3) is 0.143. The summed E-state index contributed by atoms with van der Waals surface area (Å²) in [5, 5.41) is 11.6. The SMILES string of the molecule is Cc1cc(F)ccc1C(=C(C=CC=O)c1nnnn1C)c1ccc(F)cc1C. The molecular formula is C21H18F2N4O. The van der Waals surface area contributed by atoms with Gasteiger partial charge in [0.25, 0.3) is 0 Å². The number of carbonyl (C=O) groups is 1. The number of aromatic nitrogens is 4. The fourth-order valence-corrected chi connectivity index (χ4v) is 3.11. The molecule has 0 N–H and O–H groups in total. The van der Waals surface area contributed by atoms with Crippen LogP contribution < -0.4 is 0 Å². The molecule has 7 heteroatoms. The third kappa shape index (κ3) is 3.78. The summed E-state index contributed by atoms with van der Waals surface area (Å²) in [4.78, 5) is 11.0. The highest BCUT2D eigenvalue weighted by atomic mass is 19.1. The number of hydrogen-bond acceptors (Lipinski definition) is 4. The first-order valence-electron chi connectivity index (χ1n) is 8.54. The average Bonchev–Trinajstić information content (AvgIpc) is 3.06. The van der Waals surface area contributed by atoms with Crippen molar-refractivity contribution in [2.24, 2.45) is 7.05 Å².